The van der Waals surface area contributed by atoms with Crippen LogP contribution in [0.1, 0.15) is 98.1 Å². The molecule has 2 saturated heterocycles. The van der Waals surface area contributed by atoms with Crippen molar-refractivity contribution in [2.75, 3.05) is 50.2 Å². The van der Waals surface area contributed by atoms with E-state index < -0.39 is 5.97 Å². The molecule has 0 bridgehead atoms. The van der Waals surface area contributed by atoms with E-state index in [9.17, 15) is 14.4 Å². The van der Waals surface area contributed by atoms with Crippen molar-refractivity contribution < 1.29 is 23.9 Å². The van der Waals surface area contributed by atoms with E-state index in [-0.39, 0.29) is 51.2 Å². The number of carbonyl (C=O) groups excluding carboxylic acids is 3. The third-order valence-corrected chi connectivity index (χ3v) is 9.58. The average Bonchev–Trinajstić information content (AvgIpc) is 3.11. The molecule has 11 nitrogen and oxygen atoms in total. The topological polar surface area (TPSA) is 117 Å². The Hall–Kier alpha value is -3.93. The Morgan fingerprint density at radius 1 is 0.769 bits per heavy atom. The summed E-state index contributed by atoms with van der Waals surface area (Å²) in [5, 5.41) is 4.16. The molecular formula is C39H58Cl2N6O5. The number of rotatable bonds is 7. The van der Waals surface area contributed by atoms with Crippen molar-refractivity contribution in [1.82, 2.24) is 20.2 Å². The first kappa shape index (κ1) is 46.1. The fraction of sp³-hybridized carbons (Fsp3) is 0.513. The van der Waals surface area contributed by atoms with Gasteiger partial charge in [-0.25, -0.2) is 19.6 Å². The predicted octanol–water partition coefficient (Wildman–Crippen LogP) is 7.41. The molecular weight excluding hydrogens is 703 g/mol. The number of benzene rings is 1. The molecule has 0 spiro atoms. The van der Waals surface area contributed by atoms with E-state index in [1.54, 1.807) is 36.4 Å². The molecule has 288 valence electrons. The van der Waals surface area contributed by atoms with Gasteiger partial charge in [0.05, 0.1) is 37.0 Å². The minimum Gasteiger partial charge on any atom is -0.464 e. The van der Waals surface area contributed by atoms with E-state index in [2.05, 4.69) is 52.8 Å². The second-order valence-electron chi connectivity index (χ2n) is 12.6. The minimum absolute atomic E-state index is 0. The maximum absolute atomic E-state index is 13.1. The number of anilines is 2. The predicted molar refractivity (Wildman–Crippen MR) is 214 cm³/mol. The van der Waals surface area contributed by atoms with E-state index in [1.807, 2.05) is 30.9 Å². The van der Waals surface area contributed by atoms with E-state index in [0.717, 1.165) is 48.7 Å². The number of esters is 2. The van der Waals surface area contributed by atoms with E-state index in [4.69, 9.17) is 21.1 Å². The zero-order valence-electron chi connectivity index (χ0n) is 30.2. The molecule has 2 aliphatic rings. The van der Waals surface area contributed by atoms with Gasteiger partial charge in [-0.1, -0.05) is 40.3 Å². The van der Waals surface area contributed by atoms with Crippen molar-refractivity contribution in [3.05, 3.63) is 81.9 Å². The molecule has 0 saturated carbocycles. The number of carbonyl (C=O) groups is 3. The first-order chi connectivity index (χ1) is 23.4. The van der Waals surface area contributed by atoms with Gasteiger partial charge < -0.3 is 29.5 Å². The molecule has 2 aliphatic heterocycles. The van der Waals surface area contributed by atoms with Crippen LogP contribution in [0.5, 0.6) is 0 Å². The summed E-state index contributed by atoms with van der Waals surface area (Å²) in [5.41, 5.74) is 5.03. The second kappa shape index (κ2) is 20.9. The Bertz CT molecular complexity index is 1630. The Morgan fingerprint density at radius 3 is 1.71 bits per heavy atom. The number of ether oxygens (including phenoxy) is 2. The molecule has 13 heteroatoms. The Morgan fingerprint density at radius 2 is 1.27 bits per heavy atom. The fourth-order valence-corrected chi connectivity index (χ4v) is 6.55. The molecule has 1 N–H and O–H groups in total. The van der Waals surface area contributed by atoms with Crippen molar-refractivity contribution in [2.24, 2.45) is 0 Å². The summed E-state index contributed by atoms with van der Waals surface area (Å²) in [6.45, 7) is 15.7. The molecule has 4 heterocycles. The van der Waals surface area contributed by atoms with Crippen molar-refractivity contribution >= 4 is 53.2 Å². The third-order valence-electron chi connectivity index (χ3n) is 9.33. The number of pyridine rings is 2. The summed E-state index contributed by atoms with van der Waals surface area (Å²) in [7, 11) is 2.72. The number of amides is 1. The van der Waals surface area contributed by atoms with E-state index >= 15 is 0 Å². The first-order valence-corrected chi connectivity index (χ1v) is 17.2. The van der Waals surface area contributed by atoms with Crippen LogP contribution in [0.4, 0.5) is 11.4 Å². The van der Waals surface area contributed by atoms with Gasteiger partial charge in [0.2, 0.25) is 0 Å². The summed E-state index contributed by atoms with van der Waals surface area (Å²) in [6.07, 6.45) is 1.95. The maximum atomic E-state index is 13.1. The van der Waals surface area contributed by atoms with Crippen molar-refractivity contribution in [3.8, 4) is 0 Å². The number of hydrogen-bond acceptors (Lipinski definition) is 10. The molecule has 1 aromatic carbocycles. The van der Waals surface area contributed by atoms with Crippen molar-refractivity contribution in [2.45, 2.75) is 93.4 Å². The van der Waals surface area contributed by atoms with Gasteiger partial charge in [-0.15, -0.1) is 12.4 Å². The van der Waals surface area contributed by atoms with Crippen molar-refractivity contribution in [3.63, 3.8) is 0 Å². The zero-order chi connectivity index (χ0) is 35.8. The van der Waals surface area contributed by atoms with E-state index in [0.29, 0.717) is 47.1 Å². The SMILES string of the molecule is C.C.CC[C@H]1CN(c2ccc(C(=O)OC)nc2C)[C@H](C)CN1.CC[C@H]1CN(c2ccc(C(=O)OC)nc2C)[C@H](C)CN1C(=O)c1ccc(Cl)cc1.Cl. The molecule has 3 aromatic rings. The van der Waals surface area contributed by atoms with Crippen LogP contribution < -0.4 is 15.1 Å². The summed E-state index contributed by atoms with van der Waals surface area (Å²) >= 11 is 5.96. The number of nitrogens with zero attached hydrogens (tertiary/aromatic N) is 5. The smallest absolute Gasteiger partial charge is 0.356 e. The number of aryl methyl sites for hydroxylation is 2. The summed E-state index contributed by atoms with van der Waals surface area (Å²) in [6, 6.07) is 15.5. The number of hydrogen-bond donors (Lipinski definition) is 1. The molecule has 1 amide bonds. The average molecular weight is 762 g/mol. The van der Waals surface area contributed by atoms with Crippen LogP contribution in [-0.2, 0) is 9.47 Å². The van der Waals surface area contributed by atoms with Crippen LogP contribution in [0.3, 0.4) is 0 Å². The van der Waals surface area contributed by atoms with Gasteiger partial charge in [0.25, 0.3) is 5.91 Å². The second-order valence-corrected chi connectivity index (χ2v) is 13.1. The zero-order valence-corrected chi connectivity index (χ0v) is 31.8. The molecule has 0 radical (unpaired) electrons. The van der Waals surface area contributed by atoms with Gasteiger partial charge in [0.15, 0.2) is 0 Å². The highest BCUT2D eigenvalue weighted by Gasteiger charge is 2.35. The highest BCUT2D eigenvalue weighted by atomic mass is 35.5. The number of nitrogens with one attached hydrogen (secondary N) is 1. The van der Waals surface area contributed by atoms with Gasteiger partial charge in [-0.05, 0) is 89.1 Å². The lowest BCUT2D eigenvalue weighted by Crippen LogP contribution is -2.59. The summed E-state index contributed by atoms with van der Waals surface area (Å²) in [5.74, 6) is -0.812. The molecule has 0 unspecified atom stereocenters. The highest BCUT2D eigenvalue weighted by Crippen LogP contribution is 2.29. The number of piperazine rings is 2. The van der Waals surface area contributed by atoms with Gasteiger partial charge in [-0.2, -0.15) is 0 Å². The van der Waals surface area contributed by atoms with Gasteiger partial charge in [0, 0.05) is 60.9 Å². The third kappa shape index (κ3) is 10.8. The lowest BCUT2D eigenvalue weighted by atomic mass is 10.0. The van der Waals surface area contributed by atoms with E-state index in [1.165, 1.54) is 14.2 Å². The normalized spacial score (nSPS) is 19.4. The molecule has 2 aromatic heterocycles. The van der Waals surface area contributed by atoms with Crippen LogP contribution in [-0.4, -0.2) is 97.3 Å². The molecule has 5 rings (SSSR count). The largest absolute Gasteiger partial charge is 0.464 e. The lowest BCUT2D eigenvalue weighted by molar-refractivity contribution is 0.0585. The van der Waals surface area contributed by atoms with Crippen LogP contribution >= 0.6 is 24.0 Å². The number of methoxy groups -OCH3 is 2. The highest BCUT2D eigenvalue weighted by molar-refractivity contribution is 6.30. The monoisotopic (exact) mass is 760 g/mol. The van der Waals surface area contributed by atoms with Crippen LogP contribution in [0.15, 0.2) is 48.5 Å². The van der Waals surface area contributed by atoms with Gasteiger partial charge >= 0.3 is 11.9 Å². The van der Waals surface area contributed by atoms with Crippen LogP contribution in [0, 0.1) is 13.8 Å². The molecule has 0 aliphatic carbocycles. The van der Waals surface area contributed by atoms with Gasteiger partial charge in [-0.3, -0.25) is 4.79 Å². The Balaban J connectivity index is 0.000000521. The van der Waals surface area contributed by atoms with Crippen LogP contribution in [0.2, 0.25) is 5.02 Å². The standard InChI is InChI=1S/C22H26ClN3O3.C15H23N3O2.2CH4.ClH/c1-5-18-13-25(20-11-10-19(22(28)29-4)24-15(20)3)14(2)12-26(18)21(27)16-6-8-17(23)9-7-16;1-5-12-9-18(10(2)8-16-12)14-7-6-13(15(19)20-4)17-11(14)3;;;/h6-11,14,18H,5,12-13H2,1-4H3;6-7,10,12,16H,5,8-9H2,1-4H3;2*1H4;1H/t14-,18+;10-,12+;;;/m11.../s1. The fourth-order valence-electron chi connectivity index (χ4n) is 6.42. The van der Waals surface area contributed by atoms with Crippen LogP contribution in [0.25, 0.3) is 0 Å². The maximum Gasteiger partial charge on any atom is 0.356 e. The molecule has 4 atom stereocenters. The quantitative estimate of drug-likeness (QED) is 0.244. The summed E-state index contributed by atoms with van der Waals surface area (Å²) < 4.78 is 9.46. The van der Waals surface area contributed by atoms with Gasteiger partial charge in [0.1, 0.15) is 11.4 Å². The number of halogens is 2. The minimum atomic E-state index is -0.447. The molecule has 52 heavy (non-hydrogen) atoms. The summed E-state index contributed by atoms with van der Waals surface area (Å²) in [4.78, 5) is 51.7. The first-order valence-electron chi connectivity index (χ1n) is 16.9. The molecule has 2 fully saturated rings. The Kier molecular flexibility index (Phi) is 18.6. The number of aromatic nitrogens is 2. The lowest BCUT2D eigenvalue weighted by Gasteiger charge is -2.46. The Labute approximate surface area is 321 Å². The van der Waals surface area contributed by atoms with Crippen molar-refractivity contribution in [1.29, 1.82) is 0 Å².